The van der Waals surface area contributed by atoms with Crippen molar-refractivity contribution in [3.8, 4) is 0 Å². The van der Waals surface area contributed by atoms with Gasteiger partial charge >= 0.3 is 0 Å². The normalized spacial score (nSPS) is 19.9. The van der Waals surface area contributed by atoms with Crippen molar-refractivity contribution >= 4 is 17.5 Å². The minimum atomic E-state index is -0.0645. The standard InChI is InChI=1S/C18H26ClN5O2/c1-5-23-8-6-7-14(23)9-24(11-16-15(19)10-22(4)20-16)18(25)17-12(2)21-26-13(17)3/h10,14H,5-9,11H2,1-4H3/p+1/t14-/m1/s1. The summed E-state index contributed by atoms with van der Waals surface area (Å²) in [6.45, 7) is 9.08. The van der Waals surface area contributed by atoms with Crippen LogP contribution < -0.4 is 4.90 Å². The van der Waals surface area contributed by atoms with Crippen molar-refractivity contribution in [2.24, 2.45) is 7.05 Å². The van der Waals surface area contributed by atoms with Crippen LogP contribution in [0.5, 0.6) is 0 Å². The van der Waals surface area contributed by atoms with Crippen molar-refractivity contribution < 1.29 is 14.2 Å². The van der Waals surface area contributed by atoms with Crippen LogP contribution in [-0.4, -0.2) is 51.4 Å². The fraction of sp³-hybridized carbons (Fsp3) is 0.611. The number of quaternary nitrogens is 1. The van der Waals surface area contributed by atoms with Crippen LogP contribution in [0.4, 0.5) is 0 Å². The third kappa shape index (κ3) is 3.78. The van der Waals surface area contributed by atoms with Gasteiger partial charge in [-0.3, -0.25) is 9.48 Å². The highest BCUT2D eigenvalue weighted by molar-refractivity contribution is 6.31. The lowest BCUT2D eigenvalue weighted by atomic mass is 10.1. The van der Waals surface area contributed by atoms with Gasteiger partial charge in [0.1, 0.15) is 23.1 Å². The summed E-state index contributed by atoms with van der Waals surface area (Å²) in [7, 11) is 1.83. The lowest BCUT2D eigenvalue weighted by Crippen LogP contribution is -3.14. The number of likely N-dealkylation sites (tertiary alicyclic amines) is 1. The molecular weight excluding hydrogens is 354 g/mol. The first-order valence-corrected chi connectivity index (χ1v) is 9.53. The number of likely N-dealkylation sites (N-methyl/N-ethyl adjacent to an activating group) is 1. The number of aromatic nitrogens is 3. The Hall–Kier alpha value is -1.86. The molecular formula is C18H27ClN5O2+. The predicted molar refractivity (Wildman–Crippen MR) is 98.3 cm³/mol. The number of carbonyl (C=O) groups excluding carboxylic acids is 1. The summed E-state index contributed by atoms with van der Waals surface area (Å²) in [5.74, 6) is 0.487. The summed E-state index contributed by atoms with van der Waals surface area (Å²) in [5.41, 5.74) is 1.88. The lowest BCUT2D eigenvalue weighted by molar-refractivity contribution is -0.909. The van der Waals surface area contributed by atoms with Crippen LogP contribution in [0.15, 0.2) is 10.7 Å². The molecule has 0 bridgehead atoms. The molecule has 0 aliphatic carbocycles. The van der Waals surface area contributed by atoms with Crippen LogP contribution in [0, 0.1) is 13.8 Å². The van der Waals surface area contributed by atoms with Crippen molar-refractivity contribution in [3.05, 3.63) is 33.9 Å². The molecule has 0 spiro atoms. The Balaban J connectivity index is 1.88. The molecule has 0 radical (unpaired) electrons. The highest BCUT2D eigenvalue weighted by Crippen LogP contribution is 2.20. The number of carbonyl (C=O) groups is 1. The third-order valence-electron chi connectivity index (χ3n) is 5.25. The maximum absolute atomic E-state index is 13.3. The van der Waals surface area contributed by atoms with E-state index in [0.717, 1.165) is 13.0 Å². The highest BCUT2D eigenvalue weighted by atomic mass is 35.5. The van der Waals surface area contributed by atoms with E-state index in [9.17, 15) is 4.79 Å². The fourth-order valence-electron chi connectivity index (χ4n) is 3.89. The largest absolute Gasteiger partial charge is 0.361 e. The smallest absolute Gasteiger partial charge is 0.259 e. The highest BCUT2D eigenvalue weighted by Gasteiger charge is 2.33. The molecule has 2 aromatic rings. The number of aryl methyl sites for hydroxylation is 3. The van der Waals surface area contributed by atoms with Gasteiger partial charge in [-0.05, 0) is 20.8 Å². The van der Waals surface area contributed by atoms with Gasteiger partial charge in [-0.2, -0.15) is 5.10 Å². The molecule has 7 nitrogen and oxygen atoms in total. The minimum absolute atomic E-state index is 0.0645. The predicted octanol–water partition coefficient (Wildman–Crippen LogP) is 1.39. The Labute approximate surface area is 158 Å². The molecule has 2 atom stereocenters. The zero-order valence-electron chi connectivity index (χ0n) is 15.9. The summed E-state index contributed by atoms with van der Waals surface area (Å²) in [4.78, 5) is 16.7. The Kier molecular flexibility index (Phi) is 5.67. The number of nitrogens with one attached hydrogen (secondary N) is 1. The van der Waals surface area contributed by atoms with E-state index in [2.05, 4.69) is 17.2 Å². The van der Waals surface area contributed by atoms with Crippen molar-refractivity contribution in [1.29, 1.82) is 0 Å². The number of hydrogen-bond acceptors (Lipinski definition) is 4. The average molecular weight is 381 g/mol. The summed E-state index contributed by atoms with van der Waals surface area (Å²) in [6, 6.07) is 0.437. The fourth-order valence-corrected chi connectivity index (χ4v) is 4.13. The van der Waals surface area contributed by atoms with Crippen LogP contribution in [0.25, 0.3) is 0 Å². The topological polar surface area (TPSA) is 68.6 Å². The van der Waals surface area contributed by atoms with Crippen molar-refractivity contribution in [2.45, 2.75) is 46.2 Å². The summed E-state index contributed by atoms with van der Waals surface area (Å²) >= 11 is 6.30. The van der Waals surface area contributed by atoms with Gasteiger partial charge in [0.05, 0.1) is 36.9 Å². The molecule has 1 N–H and O–H groups in total. The van der Waals surface area contributed by atoms with Crippen LogP contribution in [0.3, 0.4) is 0 Å². The molecule has 0 aromatic carbocycles. The van der Waals surface area contributed by atoms with E-state index in [1.165, 1.54) is 13.0 Å². The van der Waals surface area contributed by atoms with E-state index in [1.807, 2.05) is 11.9 Å². The van der Waals surface area contributed by atoms with Gasteiger partial charge in [0.2, 0.25) is 0 Å². The monoisotopic (exact) mass is 380 g/mol. The maximum Gasteiger partial charge on any atom is 0.259 e. The molecule has 3 heterocycles. The van der Waals surface area contributed by atoms with Gasteiger partial charge in [-0.25, -0.2) is 0 Å². The van der Waals surface area contributed by atoms with E-state index in [0.29, 0.717) is 46.9 Å². The summed E-state index contributed by atoms with van der Waals surface area (Å²) < 4.78 is 6.88. The van der Waals surface area contributed by atoms with Crippen LogP contribution in [0.1, 0.15) is 47.3 Å². The van der Waals surface area contributed by atoms with E-state index in [4.69, 9.17) is 16.1 Å². The molecule has 0 saturated carbocycles. The number of nitrogens with zero attached hydrogens (tertiary/aromatic N) is 4. The maximum atomic E-state index is 13.3. The number of rotatable bonds is 6. The van der Waals surface area contributed by atoms with Gasteiger partial charge in [0, 0.05) is 26.1 Å². The van der Waals surface area contributed by atoms with Crippen LogP contribution in [-0.2, 0) is 13.6 Å². The molecule has 3 rings (SSSR count). The third-order valence-corrected chi connectivity index (χ3v) is 5.57. The second kappa shape index (κ2) is 7.80. The van der Waals surface area contributed by atoms with E-state index in [1.54, 1.807) is 29.6 Å². The van der Waals surface area contributed by atoms with Gasteiger partial charge in [-0.1, -0.05) is 16.8 Å². The number of halogens is 1. The Bertz CT molecular complexity index is 765. The Morgan fingerprint density at radius 1 is 1.50 bits per heavy atom. The zero-order valence-corrected chi connectivity index (χ0v) is 16.6. The van der Waals surface area contributed by atoms with E-state index in [-0.39, 0.29) is 5.91 Å². The Morgan fingerprint density at radius 2 is 2.27 bits per heavy atom. The van der Waals surface area contributed by atoms with Crippen molar-refractivity contribution in [3.63, 3.8) is 0 Å². The van der Waals surface area contributed by atoms with Gasteiger partial charge in [0.15, 0.2) is 0 Å². The Morgan fingerprint density at radius 3 is 2.85 bits per heavy atom. The number of hydrogen-bond donors (Lipinski definition) is 1. The first-order valence-electron chi connectivity index (χ1n) is 9.15. The quantitative estimate of drug-likeness (QED) is 0.822. The molecule has 1 saturated heterocycles. The number of amides is 1. The van der Waals surface area contributed by atoms with E-state index < -0.39 is 0 Å². The van der Waals surface area contributed by atoms with Gasteiger partial charge < -0.3 is 14.3 Å². The van der Waals surface area contributed by atoms with Crippen LogP contribution in [0.2, 0.25) is 5.02 Å². The first kappa shape index (κ1) is 18.9. The molecule has 2 aromatic heterocycles. The second-order valence-electron chi connectivity index (χ2n) is 7.08. The lowest BCUT2D eigenvalue weighted by Gasteiger charge is -2.28. The minimum Gasteiger partial charge on any atom is -0.361 e. The van der Waals surface area contributed by atoms with Gasteiger partial charge in [-0.15, -0.1) is 0 Å². The zero-order chi connectivity index (χ0) is 18.8. The molecule has 1 aliphatic rings. The second-order valence-corrected chi connectivity index (χ2v) is 7.49. The molecule has 1 amide bonds. The molecule has 1 aliphatic heterocycles. The molecule has 26 heavy (non-hydrogen) atoms. The van der Waals surface area contributed by atoms with Crippen LogP contribution >= 0.6 is 11.6 Å². The van der Waals surface area contributed by atoms with E-state index >= 15 is 0 Å². The summed E-state index contributed by atoms with van der Waals surface area (Å²) in [6.07, 6.45) is 4.09. The molecule has 1 fully saturated rings. The molecule has 1 unspecified atom stereocenters. The van der Waals surface area contributed by atoms with Crippen molar-refractivity contribution in [2.75, 3.05) is 19.6 Å². The first-order chi connectivity index (χ1) is 12.4. The van der Waals surface area contributed by atoms with Gasteiger partial charge in [0.25, 0.3) is 5.91 Å². The average Bonchev–Trinajstić information content (AvgIpc) is 3.26. The molecule has 8 heteroatoms. The molecule has 142 valence electrons. The SMILES string of the molecule is CC[NH+]1CCC[C@@H]1CN(Cc1nn(C)cc1Cl)C(=O)c1c(C)noc1C. The summed E-state index contributed by atoms with van der Waals surface area (Å²) in [5, 5.41) is 8.93. The van der Waals surface area contributed by atoms with Crippen molar-refractivity contribution in [1.82, 2.24) is 19.8 Å².